The predicted octanol–water partition coefficient (Wildman–Crippen LogP) is 2.49. The molecule has 2 aromatic rings. The van der Waals surface area contributed by atoms with E-state index in [0.717, 1.165) is 5.56 Å². The summed E-state index contributed by atoms with van der Waals surface area (Å²) in [6, 6.07) is 15.6. The van der Waals surface area contributed by atoms with E-state index in [4.69, 9.17) is 0 Å². The Kier molecular flexibility index (Phi) is 5.01. The molecule has 1 aliphatic carbocycles. The SMILES string of the molecule is CN(C1(O)C=CC=CC1C(=O)O)S(=O)(=O)c1cccc(-c2ccccc2)c1. The second-order valence-corrected chi connectivity index (χ2v) is 8.18. The number of likely N-dealkylation sites (N-methyl/N-ethyl adjacent to an activating group) is 1. The number of carboxylic acids is 1. The molecule has 0 aliphatic heterocycles. The van der Waals surface area contributed by atoms with E-state index in [1.807, 2.05) is 30.3 Å². The number of allylic oxidation sites excluding steroid dienone is 2. The van der Waals surface area contributed by atoms with E-state index in [-0.39, 0.29) is 4.90 Å². The monoisotopic (exact) mass is 385 g/mol. The molecule has 2 N–H and O–H groups in total. The Morgan fingerprint density at radius 1 is 1.04 bits per heavy atom. The average molecular weight is 385 g/mol. The highest BCUT2D eigenvalue weighted by Gasteiger charge is 2.47. The summed E-state index contributed by atoms with van der Waals surface area (Å²) in [5.41, 5.74) is -0.659. The van der Waals surface area contributed by atoms with Crippen molar-refractivity contribution in [2.45, 2.75) is 10.6 Å². The molecule has 2 unspecified atom stereocenters. The molecule has 0 aromatic heterocycles. The molecule has 3 rings (SSSR count). The zero-order valence-corrected chi connectivity index (χ0v) is 15.4. The van der Waals surface area contributed by atoms with Crippen LogP contribution in [-0.2, 0) is 14.8 Å². The van der Waals surface area contributed by atoms with Crippen LogP contribution < -0.4 is 0 Å². The maximum absolute atomic E-state index is 13.1. The first-order chi connectivity index (χ1) is 12.8. The maximum Gasteiger partial charge on any atom is 0.315 e. The highest BCUT2D eigenvalue weighted by molar-refractivity contribution is 7.89. The third-order valence-electron chi connectivity index (χ3n) is 4.58. The standard InChI is InChI=1S/C20H19NO5S/c1-21(20(24)13-6-5-12-18(20)19(22)23)27(25,26)17-11-7-10-16(14-17)15-8-3-2-4-9-15/h2-14,18,24H,1H3,(H,22,23). The second-order valence-electron chi connectivity index (χ2n) is 6.21. The van der Waals surface area contributed by atoms with E-state index in [0.29, 0.717) is 9.87 Å². The summed E-state index contributed by atoms with van der Waals surface area (Å²) in [5, 5.41) is 20.3. The summed E-state index contributed by atoms with van der Waals surface area (Å²) in [6.07, 6.45) is 5.31. The van der Waals surface area contributed by atoms with E-state index in [1.165, 1.54) is 43.5 Å². The van der Waals surface area contributed by atoms with Crippen molar-refractivity contribution in [2.24, 2.45) is 5.92 Å². The Bertz CT molecular complexity index is 1010. The van der Waals surface area contributed by atoms with Crippen molar-refractivity contribution in [3.05, 3.63) is 78.9 Å². The van der Waals surface area contributed by atoms with Gasteiger partial charge in [0, 0.05) is 7.05 Å². The molecular formula is C20H19NO5S. The summed E-state index contributed by atoms with van der Waals surface area (Å²) in [6.45, 7) is 0. The molecule has 27 heavy (non-hydrogen) atoms. The van der Waals surface area contributed by atoms with Crippen LogP contribution in [0.4, 0.5) is 0 Å². The third-order valence-corrected chi connectivity index (χ3v) is 6.45. The van der Waals surface area contributed by atoms with Crippen molar-refractivity contribution in [1.29, 1.82) is 0 Å². The first kappa shape index (κ1) is 19.0. The van der Waals surface area contributed by atoms with Crippen LogP contribution >= 0.6 is 0 Å². The first-order valence-corrected chi connectivity index (χ1v) is 9.66. The molecule has 0 saturated carbocycles. The Balaban J connectivity index is 2.03. The van der Waals surface area contributed by atoms with E-state index in [1.54, 1.807) is 12.1 Å². The minimum atomic E-state index is -4.16. The molecule has 2 atom stereocenters. The van der Waals surface area contributed by atoms with Crippen LogP contribution in [0, 0.1) is 5.92 Å². The van der Waals surface area contributed by atoms with Gasteiger partial charge in [-0.05, 0) is 29.3 Å². The summed E-state index contributed by atoms with van der Waals surface area (Å²) >= 11 is 0. The fraction of sp³-hybridized carbons (Fsp3) is 0.150. The number of carbonyl (C=O) groups is 1. The van der Waals surface area contributed by atoms with Crippen LogP contribution in [0.15, 0.2) is 83.8 Å². The van der Waals surface area contributed by atoms with Crippen molar-refractivity contribution in [2.75, 3.05) is 7.05 Å². The Labute approximate surface area is 157 Å². The number of hydrogen-bond acceptors (Lipinski definition) is 4. The number of carboxylic acid groups (broad SMARTS) is 1. The third kappa shape index (κ3) is 3.44. The number of aliphatic carboxylic acids is 1. The first-order valence-electron chi connectivity index (χ1n) is 8.22. The molecular weight excluding hydrogens is 366 g/mol. The number of nitrogens with zero attached hydrogens (tertiary/aromatic N) is 1. The second kappa shape index (κ2) is 7.11. The maximum atomic E-state index is 13.1. The van der Waals surface area contributed by atoms with Gasteiger partial charge >= 0.3 is 5.97 Å². The van der Waals surface area contributed by atoms with Crippen LogP contribution in [0.25, 0.3) is 11.1 Å². The summed E-state index contributed by atoms with van der Waals surface area (Å²) in [4.78, 5) is 11.5. The largest absolute Gasteiger partial charge is 0.481 e. The Hall–Kier alpha value is -2.74. The molecule has 0 saturated heterocycles. The van der Waals surface area contributed by atoms with Gasteiger partial charge in [0.2, 0.25) is 10.0 Å². The molecule has 0 bridgehead atoms. The predicted molar refractivity (Wildman–Crippen MR) is 101 cm³/mol. The number of benzene rings is 2. The number of hydrogen-bond donors (Lipinski definition) is 2. The normalized spacial score (nSPS) is 22.1. The van der Waals surface area contributed by atoms with E-state index in [2.05, 4.69) is 0 Å². The highest BCUT2D eigenvalue weighted by Crippen LogP contribution is 2.33. The smallest absolute Gasteiger partial charge is 0.315 e. The van der Waals surface area contributed by atoms with Gasteiger partial charge in [-0.1, -0.05) is 60.7 Å². The van der Waals surface area contributed by atoms with Gasteiger partial charge in [0.15, 0.2) is 5.72 Å². The molecule has 140 valence electrons. The van der Waals surface area contributed by atoms with Gasteiger partial charge in [-0.3, -0.25) is 4.79 Å². The lowest BCUT2D eigenvalue weighted by molar-refractivity contribution is -0.151. The summed E-state index contributed by atoms with van der Waals surface area (Å²) < 4.78 is 26.9. The molecule has 7 heteroatoms. The zero-order valence-electron chi connectivity index (χ0n) is 14.6. The van der Waals surface area contributed by atoms with Gasteiger partial charge in [0.1, 0.15) is 5.92 Å². The quantitative estimate of drug-likeness (QED) is 0.771. The van der Waals surface area contributed by atoms with Gasteiger partial charge in [-0.2, -0.15) is 4.31 Å². The van der Waals surface area contributed by atoms with Crippen molar-refractivity contribution < 1.29 is 23.4 Å². The van der Waals surface area contributed by atoms with Gasteiger partial charge < -0.3 is 10.2 Å². The minimum absolute atomic E-state index is 0.0353. The fourth-order valence-electron chi connectivity index (χ4n) is 3.00. The van der Waals surface area contributed by atoms with Gasteiger partial charge in [0.05, 0.1) is 4.90 Å². The number of aliphatic hydroxyl groups is 1. The lowest BCUT2D eigenvalue weighted by Gasteiger charge is -2.38. The number of rotatable bonds is 5. The molecule has 0 heterocycles. The van der Waals surface area contributed by atoms with E-state index in [9.17, 15) is 23.4 Å². The molecule has 1 aliphatic rings. The van der Waals surface area contributed by atoms with E-state index >= 15 is 0 Å². The lowest BCUT2D eigenvalue weighted by Crippen LogP contribution is -2.55. The van der Waals surface area contributed by atoms with Crippen LogP contribution in [0.2, 0.25) is 0 Å². The average Bonchev–Trinajstić information content (AvgIpc) is 2.68. The van der Waals surface area contributed by atoms with Crippen LogP contribution in [0.5, 0.6) is 0 Å². The summed E-state index contributed by atoms with van der Waals surface area (Å²) in [7, 11) is -2.99. The van der Waals surface area contributed by atoms with Crippen LogP contribution in [-0.4, -0.2) is 41.7 Å². The number of sulfonamides is 1. The topological polar surface area (TPSA) is 94.9 Å². The van der Waals surface area contributed by atoms with Crippen molar-refractivity contribution in [3.63, 3.8) is 0 Å². The molecule has 0 fully saturated rings. The van der Waals surface area contributed by atoms with Crippen LogP contribution in [0.3, 0.4) is 0 Å². The van der Waals surface area contributed by atoms with Crippen molar-refractivity contribution in [1.82, 2.24) is 4.31 Å². The fourth-order valence-corrected chi connectivity index (χ4v) is 4.40. The minimum Gasteiger partial charge on any atom is -0.481 e. The van der Waals surface area contributed by atoms with E-state index < -0.39 is 27.6 Å². The molecule has 2 aromatic carbocycles. The van der Waals surface area contributed by atoms with Crippen molar-refractivity contribution in [3.8, 4) is 11.1 Å². The molecule has 0 radical (unpaired) electrons. The van der Waals surface area contributed by atoms with Gasteiger partial charge in [0.25, 0.3) is 0 Å². The Morgan fingerprint density at radius 3 is 2.37 bits per heavy atom. The zero-order chi connectivity index (χ0) is 19.7. The Morgan fingerprint density at radius 2 is 1.70 bits per heavy atom. The molecule has 0 amide bonds. The lowest BCUT2D eigenvalue weighted by atomic mass is 9.91. The highest BCUT2D eigenvalue weighted by atomic mass is 32.2. The van der Waals surface area contributed by atoms with Gasteiger partial charge in [-0.15, -0.1) is 0 Å². The molecule has 0 spiro atoms. The molecule has 6 nitrogen and oxygen atoms in total. The van der Waals surface area contributed by atoms with Crippen LogP contribution in [0.1, 0.15) is 0 Å². The summed E-state index contributed by atoms with van der Waals surface area (Å²) in [5.74, 6) is -2.74. The van der Waals surface area contributed by atoms with Gasteiger partial charge in [-0.25, -0.2) is 8.42 Å². The van der Waals surface area contributed by atoms with Crippen molar-refractivity contribution >= 4 is 16.0 Å².